The predicted molar refractivity (Wildman–Crippen MR) is 57.0 cm³/mol. The maximum atomic E-state index is 5.39. The third kappa shape index (κ3) is 2.10. The van der Waals surface area contributed by atoms with E-state index in [1.54, 1.807) is 0 Å². The van der Waals surface area contributed by atoms with Crippen LogP contribution in [-0.4, -0.2) is 40.8 Å². The predicted octanol–water partition coefficient (Wildman–Crippen LogP) is 1.17. The van der Waals surface area contributed by atoms with E-state index in [9.17, 15) is 0 Å². The molecule has 1 saturated heterocycles. The molecule has 1 aromatic heterocycles. The summed E-state index contributed by atoms with van der Waals surface area (Å²) in [6.07, 6.45) is 2.43. The largest absolute Gasteiger partial charge is 0.379 e. The molecule has 1 aliphatic heterocycles. The summed E-state index contributed by atoms with van der Waals surface area (Å²) in [5, 5.41) is 4.02. The number of nitrogens with zero attached hydrogens (tertiary/aromatic N) is 3. The Labute approximate surface area is 94.8 Å². The van der Waals surface area contributed by atoms with Crippen molar-refractivity contribution in [3.63, 3.8) is 0 Å². The first-order valence-corrected chi connectivity index (χ1v) is 5.97. The molecule has 1 saturated carbocycles. The Morgan fingerprint density at radius 3 is 3.06 bits per heavy atom. The Balaban J connectivity index is 1.63. The van der Waals surface area contributed by atoms with Crippen LogP contribution in [0.3, 0.4) is 0 Å². The van der Waals surface area contributed by atoms with E-state index in [4.69, 9.17) is 9.26 Å². The van der Waals surface area contributed by atoms with Gasteiger partial charge in [0.1, 0.15) is 0 Å². The molecular weight excluding hydrogens is 206 g/mol. The summed E-state index contributed by atoms with van der Waals surface area (Å²) in [4.78, 5) is 6.77. The molecule has 1 aliphatic carbocycles. The highest BCUT2D eigenvalue weighted by Crippen LogP contribution is 2.38. The van der Waals surface area contributed by atoms with Crippen molar-refractivity contribution in [2.24, 2.45) is 0 Å². The Morgan fingerprint density at radius 2 is 2.31 bits per heavy atom. The fourth-order valence-corrected chi connectivity index (χ4v) is 2.01. The highest BCUT2D eigenvalue weighted by Gasteiger charge is 2.29. The Kier molecular flexibility index (Phi) is 2.65. The molecule has 3 rings (SSSR count). The van der Waals surface area contributed by atoms with Gasteiger partial charge < -0.3 is 9.26 Å². The Morgan fingerprint density at radius 1 is 1.44 bits per heavy atom. The standard InChI is InChI=1S/C11H17N3O2/c1-8-7-15-5-4-14(8)6-10-12-11(13-16-10)9-2-3-9/h8-9H,2-7H2,1H3/t8-/m0/s1. The van der Waals surface area contributed by atoms with Crippen LogP contribution >= 0.6 is 0 Å². The minimum atomic E-state index is 0.435. The summed E-state index contributed by atoms with van der Waals surface area (Å²) in [5.41, 5.74) is 0. The highest BCUT2D eigenvalue weighted by atomic mass is 16.5. The van der Waals surface area contributed by atoms with Crippen LogP contribution in [0.15, 0.2) is 4.52 Å². The van der Waals surface area contributed by atoms with Crippen LogP contribution in [0.1, 0.15) is 37.4 Å². The second kappa shape index (κ2) is 4.14. The zero-order valence-corrected chi connectivity index (χ0v) is 9.56. The molecule has 1 aromatic rings. The van der Waals surface area contributed by atoms with Crippen molar-refractivity contribution in [2.75, 3.05) is 19.8 Å². The summed E-state index contributed by atoms with van der Waals surface area (Å²) in [6.45, 7) is 5.46. The van der Waals surface area contributed by atoms with Gasteiger partial charge in [-0.2, -0.15) is 4.98 Å². The van der Waals surface area contributed by atoms with E-state index >= 15 is 0 Å². The SMILES string of the molecule is C[C@H]1COCCN1Cc1nc(C2CC2)no1. The van der Waals surface area contributed by atoms with Crippen molar-refractivity contribution in [2.45, 2.75) is 38.3 Å². The van der Waals surface area contributed by atoms with Gasteiger partial charge in [-0.3, -0.25) is 4.90 Å². The van der Waals surface area contributed by atoms with Crippen LogP contribution in [0.25, 0.3) is 0 Å². The van der Waals surface area contributed by atoms with E-state index in [-0.39, 0.29) is 0 Å². The maximum absolute atomic E-state index is 5.39. The first-order valence-electron chi connectivity index (χ1n) is 5.97. The van der Waals surface area contributed by atoms with Crippen molar-refractivity contribution < 1.29 is 9.26 Å². The summed E-state index contributed by atoms with van der Waals surface area (Å²) in [7, 11) is 0. The second-order valence-electron chi connectivity index (χ2n) is 4.72. The average molecular weight is 223 g/mol. The van der Waals surface area contributed by atoms with Crippen molar-refractivity contribution >= 4 is 0 Å². The highest BCUT2D eigenvalue weighted by molar-refractivity contribution is 5.03. The number of ether oxygens (including phenoxy) is 1. The molecule has 2 aliphatic rings. The number of morpholine rings is 1. The van der Waals surface area contributed by atoms with Gasteiger partial charge in [0.25, 0.3) is 0 Å². The molecule has 16 heavy (non-hydrogen) atoms. The summed E-state index contributed by atoms with van der Waals surface area (Å²) in [5.74, 6) is 2.21. The topological polar surface area (TPSA) is 51.4 Å². The summed E-state index contributed by atoms with van der Waals surface area (Å²) >= 11 is 0. The molecule has 0 aromatic carbocycles. The van der Waals surface area contributed by atoms with E-state index in [1.807, 2.05) is 0 Å². The Bertz CT molecular complexity index is 362. The van der Waals surface area contributed by atoms with Crippen LogP contribution in [-0.2, 0) is 11.3 Å². The third-order valence-electron chi connectivity index (χ3n) is 3.27. The van der Waals surface area contributed by atoms with Crippen LogP contribution in [0, 0.1) is 0 Å². The molecule has 1 atom stereocenters. The van der Waals surface area contributed by atoms with Crippen molar-refractivity contribution in [3.05, 3.63) is 11.7 Å². The molecular formula is C11H17N3O2. The lowest BCUT2D eigenvalue weighted by atomic mass is 10.2. The lowest BCUT2D eigenvalue weighted by molar-refractivity contribution is -0.00852. The van der Waals surface area contributed by atoms with E-state index in [0.717, 1.165) is 38.0 Å². The van der Waals surface area contributed by atoms with E-state index in [2.05, 4.69) is 22.0 Å². The third-order valence-corrected chi connectivity index (χ3v) is 3.27. The van der Waals surface area contributed by atoms with Gasteiger partial charge in [0.05, 0.1) is 19.8 Å². The second-order valence-corrected chi connectivity index (χ2v) is 4.72. The van der Waals surface area contributed by atoms with E-state index < -0.39 is 0 Å². The lowest BCUT2D eigenvalue weighted by Gasteiger charge is -2.31. The van der Waals surface area contributed by atoms with Crippen LogP contribution in [0.2, 0.25) is 0 Å². The molecule has 2 fully saturated rings. The molecule has 0 radical (unpaired) electrons. The molecule has 0 unspecified atom stereocenters. The lowest BCUT2D eigenvalue weighted by Crippen LogP contribution is -2.42. The fourth-order valence-electron chi connectivity index (χ4n) is 2.01. The van der Waals surface area contributed by atoms with Crippen molar-refractivity contribution in [1.29, 1.82) is 0 Å². The van der Waals surface area contributed by atoms with Gasteiger partial charge in [-0.15, -0.1) is 0 Å². The molecule has 5 nitrogen and oxygen atoms in total. The Hall–Kier alpha value is -0.940. The maximum Gasteiger partial charge on any atom is 0.240 e. The molecule has 0 bridgehead atoms. The van der Waals surface area contributed by atoms with Gasteiger partial charge in [0.2, 0.25) is 5.89 Å². The van der Waals surface area contributed by atoms with Crippen molar-refractivity contribution in [1.82, 2.24) is 15.0 Å². The minimum Gasteiger partial charge on any atom is -0.379 e. The number of hydrogen-bond donors (Lipinski definition) is 0. The van der Waals surface area contributed by atoms with E-state index in [0.29, 0.717) is 12.0 Å². The summed E-state index contributed by atoms with van der Waals surface area (Å²) in [6, 6.07) is 0.435. The first-order chi connectivity index (χ1) is 7.83. The average Bonchev–Trinajstić information content (AvgIpc) is 3.03. The normalized spacial score (nSPS) is 27.2. The number of aromatic nitrogens is 2. The van der Waals surface area contributed by atoms with Gasteiger partial charge in [0, 0.05) is 18.5 Å². The first kappa shape index (κ1) is 10.2. The van der Waals surface area contributed by atoms with Gasteiger partial charge in [-0.05, 0) is 19.8 Å². The van der Waals surface area contributed by atoms with Crippen LogP contribution < -0.4 is 0 Å². The zero-order chi connectivity index (χ0) is 11.0. The van der Waals surface area contributed by atoms with Gasteiger partial charge in [-0.25, -0.2) is 0 Å². The molecule has 0 N–H and O–H groups in total. The van der Waals surface area contributed by atoms with Gasteiger partial charge >= 0.3 is 0 Å². The molecule has 0 amide bonds. The van der Waals surface area contributed by atoms with Crippen LogP contribution in [0.4, 0.5) is 0 Å². The fraction of sp³-hybridized carbons (Fsp3) is 0.818. The molecule has 2 heterocycles. The molecule has 88 valence electrons. The number of rotatable bonds is 3. The number of hydrogen-bond acceptors (Lipinski definition) is 5. The van der Waals surface area contributed by atoms with E-state index in [1.165, 1.54) is 12.8 Å². The molecule has 0 spiro atoms. The minimum absolute atomic E-state index is 0.435. The quantitative estimate of drug-likeness (QED) is 0.769. The smallest absolute Gasteiger partial charge is 0.240 e. The zero-order valence-electron chi connectivity index (χ0n) is 9.56. The van der Waals surface area contributed by atoms with Gasteiger partial charge in [0.15, 0.2) is 5.82 Å². The summed E-state index contributed by atoms with van der Waals surface area (Å²) < 4.78 is 10.7. The monoisotopic (exact) mass is 223 g/mol. The van der Waals surface area contributed by atoms with Crippen LogP contribution in [0.5, 0.6) is 0 Å². The van der Waals surface area contributed by atoms with Gasteiger partial charge in [-0.1, -0.05) is 5.16 Å². The molecule has 5 heteroatoms. The van der Waals surface area contributed by atoms with Crippen molar-refractivity contribution in [3.8, 4) is 0 Å².